The SMILES string of the molecule is C=CCOc1ccc(/C=N\NC(=O)CN(c2ccc(C)cc2C)S(=O)(=O)c2ccc(C)cc2)cc1. The van der Waals surface area contributed by atoms with Crippen LogP contribution in [0.3, 0.4) is 0 Å². The molecule has 0 aliphatic heterocycles. The summed E-state index contributed by atoms with van der Waals surface area (Å²) in [6.07, 6.45) is 3.14. The van der Waals surface area contributed by atoms with Crippen LogP contribution >= 0.6 is 0 Å². The number of nitrogens with zero attached hydrogens (tertiary/aromatic N) is 2. The Kier molecular flexibility index (Phi) is 8.43. The quantitative estimate of drug-likeness (QED) is 0.257. The van der Waals surface area contributed by atoms with Crippen LogP contribution in [0.15, 0.2) is 89.4 Å². The van der Waals surface area contributed by atoms with Crippen molar-refractivity contribution in [2.45, 2.75) is 25.7 Å². The second-order valence-electron chi connectivity index (χ2n) is 8.08. The van der Waals surface area contributed by atoms with Gasteiger partial charge < -0.3 is 4.74 Å². The Labute approximate surface area is 206 Å². The molecule has 7 nitrogen and oxygen atoms in total. The van der Waals surface area contributed by atoms with Crippen LogP contribution in [-0.4, -0.2) is 33.7 Å². The maximum absolute atomic E-state index is 13.5. The lowest BCUT2D eigenvalue weighted by Crippen LogP contribution is -2.40. The van der Waals surface area contributed by atoms with E-state index in [9.17, 15) is 13.2 Å². The number of hydrazone groups is 1. The highest BCUT2D eigenvalue weighted by Gasteiger charge is 2.28. The zero-order valence-corrected chi connectivity index (χ0v) is 20.9. The van der Waals surface area contributed by atoms with Gasteiger partial charge >= 0.3 is 0 Å². The molecule has 0 aliphatic rings. The fourth-order valence-electron chi connectivity index (χ4n) is 3.37. The van der Waals surface area contributed by atoms with E-state index in [0.29, 0.717) is 18.0 Å². The lowest BCUT2D eigenvalue weighted by Gasteiger charge is -2.25. The summed E-state index contributed by atoms with van der Waals surface area (Å²) >= 11 is 0. The summed E-state index contributed by atoms with van der Waals surface area (Å²) in [4.78, 5) is 12.8. The number of hydrogen-bond donors (Lipinski definition) is 1. The van der Waals surface area contributed by atoms with Gasteiger partial charge in [0.2, 0.25) is 0 Å². The molecule has 3 aromatic rings. The molecule has 0 spiro atoms. The van der Waals surface area contributed by atoms with Crippen LogP contribution in [0.5, 0.6) is 5.75 Å². The molecular weight excluding hydrogens is 462 g/mol. The molecule has 0 unspecified atom stereocenters. The van der Waals surface area contributed by atoms with Crippen LogP contribution in [0.2, 0.25) is 0 Å². The number of amides is 1. The summed E-state index contributed by atoms with van der Waals surface area (Å²) in [6.45, 7) is 9.21. The monoisotopic (exact) mass is 491 g/mol. The van der Waals surface area contributed by atoms with Crippen LogP contribution in [0.1, 0.15) is 22.3 Å². The summed E-state index contributed by atoms with van der Waals surface area (Å²) in [5.74, 6) is 0.124. The molecule has 0 bridgehead atoms. The first-order chi connectivity index (χ1) is 16.7. The Balaban J connectivity index is 1.79. The number of sulfonamides is 1. The summed E-state index contributed by atoms with van der Waals surface area (Å²) in [6, 6.07) is 19.1. The third-order valence-corrected chi connectivity index (χ3v) is 6.94. The summed E-state index contributed by atoms with van der Waals surface area (Å²) in [5.41, 5.74) is 6.28. The maximum Gasteiger partial charge on any atom is 0.264 e. The summed E-state index contributed by atoms with van der Waals surface area (Å²) in [5, 5.41) is 3.98. The van der Waals surface area contributed by atoms with E-state index >= 15 is 0 Å². The van der Waals surface area contributed by atoms with Crippen molar-refractivity contribution < 1.29 is 17.9 Å². The Morgan fingerprint density at radius 1 is 1.00 bits per heavy atom. The predicted molar refractivity (Wildman–Crippen MR) is 139 cm³/mol. The molecule has 3 rings (SSSR count). The molecule has 0 saturated heterocycles. The Morgan fingerprint density at radius 2 is 1.66 bits per heavy atom. The first-order valence-electron chi connectivity index (χ1n) is 11.0. The van der Waals surface area contributed by atoms with E-state index in [-0.39, 0.29) is 4.90 Å². The topological polar surface area (TPSA) is 88.1 Å². The van der Waals surface area contributed by atoms with E-state index in [1.54, 1.807) is 60.7 Å². The number of benzene rings is 3. The third kappa shape index (κ3) is 6.80. The minimum Gasteiger partial charge on any atom is -0.490 e. The van der Waals surface area contributed by atoms with E-state index < -0.39 is 22.5 Å². The van der Waals surface area contributed by atoms with Gasteiger partial charge in [0.05, 0.1) is 16.8 Å². The van der Waals surface area contributed by atoms with Crippen LogP contribution in [0.25, 0.3) is 0 Å². The highest BCUT2D eigenvalue weighted by atomic mass is 32.2. The van der Waals surface area contributed by atoms with Crippen molar-refractivity contribution in [1.29, 1.82) is 0 Å². The van der Waals surface area contributed by atoms with E-state index in [2.05, 4.69) is 17.1 Å². The van der Waals surface area contributed by atoms with Crippen molar-refractivity contribution in [2.75, 3.05) is 17.5 Å². The highest BCUT2D eigenvalue weighted by molar-refractivity contribution is 7.92. The first kappa shape index (κ1) is 25.7. The van der Waals surface area contributed by atoms with Crippen molar-refractivity contribution in [2.24, 2.45) is 5.10 Å². The van der Waals surface area contributed by atoms with Crippen LogP contribution in [0, 0.1) is 20.8 Å². The molecule has 0 aromatic heterocycles. The number of rotatable bonds is 10. The van der Waals surface area contributed by atoms with Gasteiger partial charge in [0.15, 0.2) is 0 Å². The average Bonchev–Trinajstić information content (AvgIpc) is 2.83. The molecule has 0 saturated carbocycles. The third-order valence-electron chi connectivity index (χ3n) is 5.17. The maximum atomic E-state index is 13.5. The number of ether oxygens (including phenoxy) is 1. The lowest BCUT2D eigenvalue weighted by molar-refractivity contribution is -0.119. The standard InChI is InChI=1S/C27H29N3O4S/c1-5-16-34-24-11-9-23(10-12-24)18-28-29-27(31)19-30(26-15-8-21(3)17-22(26)4)35(32,33)25-13-6-20(2)7-14-25/h5-15,17-18H,1,16,19H2,2-4H3,(H,29,31)/b28-18-. The molecule has 0 atom stereocenters. The van der Waals surface area contributed by atoms with Crippen molar-refractivity contribution >= 4 is 27.8 Å². The fraction of sp³-hybridized carbons (Fsp3) is 0.185. The highest BCUT2D eigenvalue weighted by Crippen LogP contribution is 2.27. The van der Waals surface area contributed by atoms with Gasteiger partial charge in [-0.1, -0.05) is 48.0 Å². The molecule has 8 heteroatoms. The Bertz CT molecular complexity index is 1320. The smallest absolute Gasteiger partial charge is 0.264 e. The van der Waals surface area contributed by atoms with Crippen LogP contribution < -0.4 is 14.5 Å². The number of hydrogen-bond acceptors (Lipinski definition) is 5. The van der Waals surface area contributed by atoms with Crippen molar-refractivity contribution in [3.05, 3.63) is 102 Å². The number of anilines is 1. The van der Waals surface area contributed by atoms with E-state index in [1.165, 1.54) is 6.21 Å². The van der Waals surface area contributed by atoms with Crippen molar-refractivity contribution in [1.82, 2.24) is 5.43 Å². The van der Waals surface area contributed by atoms with Gasteiger partial charge in [0.1, 0.15) is 18.9 Å². The molecule has 182 valence electrons. The second-order valence-corrected chi connectivity index (χ2v) is 9.94. The minimum atomic E-state index is -3.99. The number of nitrogens with one attached hydrogen (secondary N) is 1. The van der Waals surface area contributed by atoms with Gasteiger partial charge in [-0.2, -0.15) is 5.10 Å². The zero-order chi connectivity index (χ0) is 25.4. The largest absolute Gasteiger partial charge is 0.490 e. The van der Waals surface area contributed by atoms with Crippen molar-refractivity contribution in [3.8, 4) is 5.75 Å². The molecule has 35 heavy (non-hydrogen) atoms. The van der Waals surface area contributed by atoms with Crippen LogP contribution in [-0.2, 0) is 14.8 Å². The minimum absolute atomic E-state index is 0.109. The Hall–Kier alpha value is -3.91. The number of carbonyl (C=O) groups excluding carboxylic acids is 1. The summed E-state index contributed by atoms with van der Waals surface area (Å²) in [7, 11) is -3.99. The van der Waals surface area contributed by atoms with E-state index in [0.717, 1.165) is 26.6 Å². The normalized spacial score (nSPS) is 11.3. The second kappa shape index (κ2) is 11.5. The number of aryl methyl sites for hydroxylation is 3. The lowest BCUT2D eigenvalue weighted by atomic mass is 10.1. The van der Waals surface area contributed by atoms with E-state index in [4.69, 9.17) is 4.74 Å². The molecule has 1 amide bonds. The van der Waals surface area contributed by atoms with Gasteiger partial charge in [-0.05, 0) is 74.4 Å². The summed E-state index contributed by atoms with van der Waals surface area (Å²) < 4.78 is 33.6. The molecule has 0 heterocycles. The van der Waals surface area contributed by atoms with E-state index in [1.807, 2.05) is 32.9 Å². The molecule has 3 aromatic carbocycles. The Morgan fingerprint density at radius 3 is 2.29 bits per heavy atom. The molecule has 0 fully saturated rings. The van der Waals surface area contributed by atoms with Gasteiger partial charge in [-0.3, -0.25) is 9.10 Å². The van der Waals surface area contributed by atoms with Gasteiger partial charge in [-0.25, -0.2) is 13.8 Å². The molecule has 1 N–H and O–H groups in total. The van der Waals surface area contributed by atoms with Gasteiger partial charge in [0.25, 0.3) is 15.9 Å². The van der Waals surface area contributed by atoms with Crippen molar-refractivity contribution in [3.63, 3.8) is 0 Å². The molecule has 0 radical (unpaired) electrons. The molecule has 0 aliphatic carbocycles. The first-order valence-corrected chi connectivity index (χ1v) is 12.5. The predicted octanol–water partition coefficient (Wildman–Crippen LogP) is 4.52. The average molecular weight is 492 g/mol. The number of carbonyl (C=O) groups is 1. The van der Waals surface area contributed by atoms with Gasteiger partial charge in [-0.15, -0.1) is 0 Å². The fourth-order valence-corrected chi connectivity index (χ4v) is 4.86. The zero-order valence-electron chi connectivity index (χ0n) is 20.1. The van der Waals surface area contributed by atoms with Crippen LogP contribution in [0.4, 0.5) is 5.69 Å². The van der Waals surface area contributed by atoms with Gasteiger partial charge in [0, 0.05) is 0 Å². The molecular formula is C27H29N3O4S.